The third kappa shape index (κ3) is 6.32. The van der Waals surface area contributed by atoms with E-state index in [-0.39, 0.29) is 22.5 Å². The molecular formula is C22H21BrF2N4O3S. The highest BCUT2D eigenvalue weighted by Gasteiger charge is 2.17. The Morgan fingerprint density at radius 3 is 2.76 bits per heavy atom. The number of halogens is 3. The number of benzene rings is 2. The maximum Gasteiger partial charge on any atom is 0.234 e. The molecule has 1 amide bonds. The Bertz CT molecular complexity index is 1150. The van der Waals surface area contributed by atoms with E-state index in [0.29, 0.717) is 35.1 Å². The average Bonchev–Trinajstić information content (AvgIpc) is 3.15. The Hall–Kier alpha value is -2.92. The Kier molecular flexibility index (Phi) is 8.45. The largest absolute Gasteiger partial charge is 0.493 e. The first-order valence-corrected chi connectivity index (χ1v) is 11.5. The number of carbonyl (C=O) groups excluding carboxylic acids is 1. The first kappa shape index (κ1) is 24.7. The van der Waals surface area contributed by atoms with Gasteiger partial charge in [-0.3, -0.25) is 9.36 Å². The summed E-state index contributed by atoms with van der Waals surface area (Å²) < 4.78 is 40.3. The van der Waals surface area contributed by atoms with Crippen LogP contribution in [0, 0.1) is 18.6 Å². The van der Waals surface area contributed by atoms with Gasteiger partial charge in [0.25, 0.3) is 0 Å². The van der Waals surface area contributed by atoms with Crippen molar-refractivity contribution in [2.45, 2.75) is 25.2 Å². The van der Waals surface area contributed by atoms with Crippen LogP contribution in [0.5, 0.6) is 11.5 Å². The zero-order valence-electron chi connectivity index (χ0n) is 17.9. The fourth-order valence-electron chi connectivity index (χ4n) is 2.85. The van der Waals surface area contributed by atoms with Crippen LogP contribution in [0.2, 0.25) is 0 Å². The van der Waals surface area contributed by atoms with Gasteiger partial charge in [0.05, 0.1) is 18.6 Å². The molecule has 1 heterocycles. The molecule has 11 heteroatoms. The Labute approximate surface area is 202 Å². The summed E-state index contributed by atoms with van der Waals surface area (Å²) in [6.07, 6.45) is 1.68. The monoisotopic (exact) mass is 538 g/mol. The minimum Gasteiger partial charge on any atom is -0.493 e. The second-order valence-electron chi connectivity index (χ2n) is 6.82. The van der Waals surface area contributed by atoms with Gasteiger partial charge < -0.3 is 14.8 Å². The number of anilines is 1. The van der Waals surface area contributed by atoms with Gasteiger partial charge in [-0.15, -0.1) is 16.8 Å². The quantitative estimate of drug-likeness (QED) is 0.284. The van der Waals surface area contributed by atoms with Crippen LogP contribution < -0.4 is 14.8 Å². The molecule has 0 spiro atoms. The molecule has 0 saturated carbocycles. The molecule has 7 nitrogen and oxygen atoms in total. The van der Waals surface area contributed by atoms with Gasteiger partial charge in [-0.1, -0.05) is 23.9 Å². The molecular weight excluding hydrogens is 518 g/mol. The molecule has 3 rings (SSSR count). The van der Waals surface area contributed by atoms with Crippen LogP contribution in [0.3, 0.4) is 0 Å². The van der Waals surface area contributed by atoms with Gasteiger partial charge in [0.2, 0.25) is 5.91 Å². The number of carbonyl (C=O) groups is 1. The van der Waals surface area contributed by atoms with Crippen LogP contribution in [-0.2, 0) is 17.9 Å². The summed E-state index contributed by atoms with van der Waals surface area (Å²) in [4.78, 5) is 12.3. The predicted octanol–water partition coefficient (Wildman–Crippen LogP) is 5.13. The van der Waals surface area contributed by atoms with E-state index in [4.69, 9.17) is 9.47 Å². The van der Waals surface area contributed by atoms with E-state index in [2.05, 4.69) is 38.0 Å². The molecule has 0 unspecified atom stereocenters. The molecule has 0 aliphatic heterocycles. The highest BCUT2D eigenvalue weighted by atomic mass is 79.9. The number of nitrogens with zero attached hydrogens (tertiary/aromatic N) is 3. The van der Waals surface area contributed by atoms with Crippen LogP contribution in [0.1, 0.15) is 11.4 Å². The lowest BCUT2D eigenvalue weighted by atomic mass is 10.2. The van der Waals surface area contributed by atoms with Gasteiger partial charge >= 0.3 is 0 Å². The first-order chi connectivity index (χ1) is 15.8. The van der Waals surface area contributed by atoms with Crippen LogP contribution in [0.15, 0.2) is 52.6 Å². The molecule has 0 aliphatic carbocycles. The molecule has 0 atom stereocenters. The number of methoxy groups -OCH3 is 1. The maximum absolute atomic E-state index is 14.0. The molecule has 2 aromatic carbocycles. The summed E-state index contributed by atoms with van der Waals surface area (Å²) in [6.45, 7) is 6.23. The highest BCUT2D eigenvalue weighted by Crippen LogP contribution is 2.29. The van der Waals surface area contributed by atoms with Crippen molar-refractivity contribution in [3.05, 3.63) is 70.5 Å². The summed E-state index contributed by atoms with van der Waals surface area (Å²) in [6, 6.07) is 7.36. The number of nitrogens with one attached hydrogen (secondary N) is 1. The minimum absolute atomic E-state index is 0.0643. The number of rotatable bonds is 10. The minimum atomic E-state index is -0.874. The van der Waals surface area contributed by atoms with Crippen LogP contribution in [0.25, 0.3) is 0 Å². The predicted molar refractivity (Wildman–Crippen MR) is 126 cm³/mol. The SMILES string of the molecule is C=CCn1c(COc2ccc(C)cc2OC)nnc1SCC(=O)Nc1c(F)cc(F)cc1Br. The molecule has 1 N–H and O–H groups in total. The lowest BCUT2D eigenvalue weighted by Crippen LogP contribution is -2.16. The van der Waals surface area contributed by atoms with Gasteiger partial charge in [0.15, 0.2) is 28.3 Å². The lowest BCUT2D eigenvalue weighted by molar-refractivity contribution is -0.113. The summed E-state index contributed by atoms with van der Waals surface area (Å²) >= 11 is 4.17. The van der Waals surface area contributed by atoms with E-state index >= 15 is 0 Å². The van der Waals surface area contributed by atoms with Gasteiger partial charge in [-0.25, -0.2) is 8.78 Å². The first-order valence-electron chi connectivity index (χ1n) is 9.70. The number of hydrogen-bond acceptors (Lipinski definition) is 6. The number of amides is 1. The average molecular weight is 539 g/mol. The maximum atomic E-state index is 14.0. The molecule has 0 fully saturated rings. The van der Waals surface area contributed by atoms with Gasteiger partial charge in [-0.2, -0.15) is 0 Å². The topological polar surface area (TPSA) is 78.3 Å². The molecule has 33 heavy (non-hydrogen) atoms. The van der Waals surface area contributed by atoms with Crippen molar-refractivity contribution in [2.75, 3.05) is 18.2 Å². The van der Waals surface area contributed by atoms with Crippen molar-refractivity contribution in [1.29, 1.82) is 0 Å². The molecule has 1 aromatic heterocycles. The number of ether oxygens (including phenoxy) is 2. The Morgan fingerprint density at radius 2 is 2.06 bits per heavy atom. The van der Waals surface area contributed by atoms with Gasteiger partial charge in [0, 0.05) is 17.1 Å². The number of aryl methyl sites for hydroxylation is 1. The standard InChI is InChI=1S/C22H21BrF2N4O3S/c1-4-7-29-19(11-32-17-6-5-13(2)8-18(17)31-3)27-28-22(29)33-12-20(30)26-21-15(23)9-14(24)10-16(21)25/h4-6,8-10H,1,7,11-12H2,2-3H3,(H,26,30). The Morgan fingerprint density at radius 1 is 1.27 bits per heavy atom. The molecule has 174 valence electrons. The molecule has 0 aliphatic rings. The summed E-state index contributed by atoms with van der Waals surface area (Å²) in [5, 5.41) is 11.2. The van der Waals surface area contributed by atoms with Gasteiger partial charge in [0.1, 0.15) is 12.4 Å². The number of aromatic nitrogens is 3. The summed E-state index contributed by atoms with van der Waals surface area (Å²) in [5.41, 5.74) is 0.911. The van der Waals surface area contributed by atoms with E-state index in [0.717, 1.165) is 23.4 Å². The van der Waals surface area contributed by atoms with Crippen molar-refractivity contribution >= 4 is 39.3 Å². The van der Waals surface area contributed by atoms with Crippen molar-refractivity contribution in [1.82, 2.24) is 14.8 Å². The Balaban J connectivity index is 1.67. The van der Waals surface area contributed by atoms with Gasteiger partial charge in [-0.05, 0) is 46.6 Å². The van der Waals surface area contributed by atoms with Crippen LogP contribution >= 0.6 is 27.7 Å². The van der Waals surface area contributed by atoms with E-state index in [1.165, 1.54) is 0 Å². The summed E-state index contributed by atoms with van der Waals surface area (Å²) in [5.74, 6) is -0.463. The van der Waals surface area contributed by atoms with E-state index in [1.807, 2.05) is 25.1 Å². The van der Waals surface area contributed by atoms with Crippen molar-refractivity contribution in [3.63, 3.8) is 0 Å². The van der Waals surface area contributed by atoms with E-state index < -0.39 is 17.5 Å². The van der Waals surface area contributed by atoms with E-state index in [9.17, 15) is 13.6 Å². The smallest absolute Gasteiger partial charge is 0.234 e. The molecule has 0 bridgehead atoms. The highest BCUT2D eigenvalue weighted by molar-refractivity contribution is 9.10. The third-order valence-corrected chi connectivity index (χ3v) is 5.98. The van der Waals surface area contributed by atoms with Crippen LogP contribution in [0.4, 0.5) is 14.5 Å². The number of hydrogen-bond donors (Lipinski definition) is 1. The summed E-state index contributed by atoms with van der Waals surface area (Å²) in [7, 11) is 1.57. The van der Waals surface area contributed by atoms with Crippen LogP contribution in [-0.4, -0.2) is 33.5 Å². The van der Waals surface area contributed by atoms with Crippen molar-refractivity contribution in [3.8, 4) is 11.5 Å². The second kappa shape index (κ2) is 11.3. The number of thioether (sulfide) groups is 1. The van der Waals surface area contributed by atoms with E-state index in [1.54, 1.807) is 17.8 Å². The zero-order valence-corrected chi connectivity index (χ0v) is 20.3. The fraction of sp³-hybridized carbons (Fsp3) is 0.227. The molecule has 0 saturated heterocycles. The molecule has 0 radical (unpaired) electrons. The molecule has 3 aromatic rings. The normalized spacial score (nSPS) is 10.7. The second-order valence-corrected chi connectivity index (χ2v) is 8.62. The number of allylic oxidation sites excluding steroid dienone is 1. The third-order valence-electron chi connectivity index (χ3n) is 4.38. The van der Waals surface area contributed by atoms with Crippen molar-refractivity contribution in [2.24, 2.45) is 0 Å². The lowest BCUT2D eigenvalue weighted by Gasteiger charge is -2.12. The fourth-order valence-corrected chi connectivity index (χ4v) is 4.12. The van der Waals surface area contributed by atoms with Crippen molar-refractivity contribution < 1.29 is 23.0 Å². The zero-order chi connectivity index (χ0) is 24.0.